The third-order valence-corrected chi connectivity index (χ3v) is 3.05. The molecule has 16 heavy (non-hydrogen) atoms. The summed E-state index contributed by atoms with van der Waals surface area (Å²) < 4.78 is 10.4. The molecular weight excluding hydrogens is 206 g/mol. The van der Waals surface area contributed by atoms with Crippen LogP contribution in [0, 0.1) is 5.92 Å². The molecular formula is C12H23NO3. The Kier molecular flexibility index (Phi) is 5.22. The third-order valence-electron chi connectivity index (χ3n) is 3.05. The first kappa shape index (κ1) is 13.5. The van der Waals surface area contributed by atoms with Crippen LogP contribution in [0.2, 0.25) is 0 Å². The van der Waals surface area contributed by atoms with Crippen LogP contribution in [-0.2, 0) is 14.3 Å². The van der Waals surface area contributed by atoms with Crippen molar-refractivity contribution in [3.8, 4) is 0 Å². The zero-order valence-electron chi connectivity index (χ0n) is 10.5. The summed E-state index contributed by atoms with van der Waals surface area (Å²) in [5.74, 6) is 0.190. The molecule has 1 aliphatic rings. The molecule has 0 aromatic rings. The van der Waals surface area contributed by atoms with Gasteiger partial charge < -0.3 is 9.47 Å². The second-order valence-electron chi connectivity index (χ2n) is 4.30. The van der Waals surface area contributed by atoms with Crippen LogP contribution in [0.1, 0.15) is 33.1 Å². The minimum atomic E-state index is -0.610. The molecule has 0 saturated heterocycles. The van der Waals surface area contributed by atoms with Gasteiger partial charge in [-0.05, 0) is 38.6 Å². The molecule has 1 atom stereocenters. The van der Waals surface area contributed by atoms with E-state index in [0.29, 0.717) is 19.1 Å². The van der Waals surface area contributed by atoms with E-state index in [-0.39, 0.29) is 5.97 Å². The molecule has 1 N–H and O–H groups in total. The van der Waals surface area contributed by atoms with E-state index >= 15 is 0 Å². The average Bonchev–Trinajstić information content (AvgIpc) is 3.13. The number of methoxy groups -OCH3 is 1. The number of rotatable bonds is 8. The lowest BCUT2D eigenvalue weighted by atomic mass is 9.94. The highest BCUT2D eigenvalue weighted by Crippen LogP contribution is 2.40. The summed E-state index contributed by atoms with van der Waals surface area (Å²) in [6.07, 6.45) is 3.16. The smallest absolute Gasteiger partial charge is 0.328 e. The molecule has 4 heteroatoms. The van der Waals surface area contributed by atoms with Gasteiger partial charge in [0.2, 0.25) is 0 Å². The molecule has 0 amide bonds. The van der Waals surface area contributed by atoms with E-state index in [4.69, 9.17) is 9.47 Å². The lowest BCUT2D eigenvalue weighted by Crippen LogP contribution is -2.58. The maximum absolute atomic E-state index is 12.0. The highest BCUT2D eigenvalue weighted by Gasteiger charge is 2.51. The predicted octanol–water partition coefficient (Wildman–Crippen LogP) is 1.34. The van der Waals surface area contributed by atoms with Crippen molar-refractivity contribution >= 4 is 5.97 Å². The number of nitrogens with one attached hydrogen (secondary N) is 1. The van der Waals surface area contributed by atoms with Crippen molar-refractivity contribution in [2.75, 3.05) is 26.9 Å². The molecule has 0 spiro atoms. The SMILES string of the molecule is CCCNC(COCC)(C(=O)OC)C1CC1. The Labute approximate surface area is 97.7 Å². The molecule has 1 saturated carbocycles. The fourth-order valence-electron chi connectivity index (χ4n) is 1.98. The van der Waals surface area contributed by atoms with E-state index in [9.17, 15) is 4.79 Å². The zero-order valence-corrected chi connectivity index (χ0v) is 10.5. The van der Waals surface area contributed by atoms with E-state index in [2.05, 4.69) is 12.2 Å². The van der Waals surface area contributed by atoms with Gasteiger partial charge in [-0.15, -0.1) is 0 Å². The van der Waals surface area contributed by atoms with Crippen LogP contribution in [0.15, 0.2) is 0 Å². The first-order chi connectivity index (χ1) is 7.71. The van der Waals surface area contributed by atoms with Crippen molar-refractivity contribution in [3.05, 3.63) is 0 Å². The van der Waals surface area contributed by atoms with Gasteiger partial charge in [-0.25, -0.2) is 4.79 Å². The highest BCUT2D eigenvalue weighted by molar-refractivity contribution is 5.82. The fourth-order valence-corrected chi connectivity index (χ4v) is 1.98. The number of hydrogen-bond donors (Lipinski definition) is 1. The Balaban J connectivity index is 2.71. The molecule has 1 unspecified atom stereocenters. The lowest BCUT2D eigenvalue weighted by molar-refractivity contribution is -0.153. The largest absolute Gasteiger partial charge is 0.468 e. The zero-order chi connectivity index (χ0) is 12.0. The number of ether oxygens (including phenoxy) is 2. The molecule has 1 fully saturated rings. The first-order valence-corrected chi connectivity index (χ1v) is 6.12. The Morgan fingerprint density at radius 2 is 2.12 bits per heavy atom. The van der Waals surface area contributed by atoms with Crippen LogP contribution >= 0.6 is 0 Å². The van der Waals surface area contributed by atoms with Crippen molar-refractivity contribution in [3.63, 3.8) is 0 Å². The number of carbonyl (C=O) groups is 1. The summed E-state index contributed by atoms with van der Waals surface area (Å²) in [6, 6.07) is 0. The number of esters is 1. The maximum Gasteiger partial charge on any atom is 0.328 e. The van der Waals surface area contributed by atoms with E-state index < -0.39 is 5.54 Å². The van der Waals surface area contributed by atoms with Crippen molar-refractivity contribution in [1.82, 2.24) is 5.32 Å². The molecule has 4 nitrogen and oxygen atoms in total. The summed E-state index contributed by atoms with van der Waals surface area (Å²) >= 11 is 0. The lowest BCUT2D eigenvalue weighted by Gasteiger charge is -2.31. The van der Waals surface area contributed by atoms with Gasteiger partial charge >= 0.3 is 5.97 Å². The van der Waals surface area contributed by atoms with Gasteiger partial charge in [-0.3, -0.25) is 5.32 Å². The normalized spacial score (nSPS) is 19.2. The van der Waals surface area contributed by atoms with Gasteiger partial charge in [0.05, 0.1) is 13.7 Å². The molecule has 0 bridgehead atoms. The van der Waals surface area contributed by atoms with Crippen LogP contribution < -0.4 is 5.32 Å². The minimum Gasteiger partial charge on any atom is -0.468 e. The molecule has 0 aliphatic heterocycles. The average molecular weight is 229 g/mol. The Hall–Kier alpha value is -0.610. The van der Waals surface area contributed by atoms with Gasteiger partial charge in [-0.2, -0.15) is 0 Å². The van der Waals surface area contributed by atoms with Crippen LogP contribution in [0.4, 0.5) is 0 Å². The first-order valence-electron chi connectivity index (χ1n) is 6.12. The van der Waals surface area contributed by atoms with Gasteiger partial charge in [-0.1, -0.05) is 6.92 Å². The monoisotopic (exact) mass is 229 g/mol. The molecule has 0 radical (unpaired) electrons. The summed E-state index contributed by atoms with van der Waals surface area (Å²) in [5.41, 5.74) is -0.610. The highest BCUT2D eigenvalue weighted by atomic mass is 16.5. The molecule has 1 aliphatic carbocycles. The second kappa shape index (κ2) is 6.21. The van der Waals surface area contributed by atoms with E-state index in [1.807, 2.05) is 6.92 Å². The standard InChI is InChI=1S/C12H23NO3/c1-4-8-13-12(9-16-5-2,10-6-7-10)11(14)15-3/h10,13H,4-9H2,1-3H3. The van der Waals surface area contributed by atoms with Gasteiger partial charge in [0, 0.05) is 6.61 Å². The van der Waals surface area contributed by atoms with E-state index in [0.717, 1.165) is 25.8 Å². The number of carbonyl (C=O) groups excluding carboxylic acids is 1. The molecule has 1 rings (SSSR count). The molecule has 0 aromatic carbocycles. The Bertz CT molecular complexity index is 218. The van der Waals surface area contributed by atoms with Crippen LogP contribution in [-0.4, -0.2) is 38.4 Å². The minimum absolute atomic E-state index is 0.183. The van der Waals surface area contributed by atoms with Gasteiger partial charge in [0.15, 0.2) is 0 Å². The van der Waals surface area contributed by atoms with Crippen molar-refractivity contribution in [1.29, 1.82) is 0 Å². The summed E-state index contributed by atoms with van der Waals surface area (Å²) in [6.45, 7) is 5.89. The third kappa shape index (κ3) is 2.95. The van der Waals surface area contributed by atoms with Crippen molar-refractivity contribution in [2.24, 2.45) is 5.92 Å². The number of hydrogen-bond acceptors (Lipinski definition) is 4. The molecule has 94 valence electrons. The quantitative estimate of drug-likeness (QED) is 0.638. The van der Waals surface area contributed by atoms with Gasteiger partial charge in [0.1, 0.15) is 5.54 Å². The van der Waals surface area contributed by atoms with Crippen molar-refractivity contribution in [2.45, 2.75) is 38.6 Å². The summed E-state index contributed by atoms with van der Waals surface area (Å²) in [4.78, 5) is 12.0. The predicted molar refractivity (Wildman–Crippen MR) is 62.3 cm³/mol. The second-order valence-corrected chi connectivity index (χ2v) is 4.30. The maximum atomic E-state index is 12.0. The molecule has 0 heterocycles. The Morgan fingerprint density at radius 3 is 2.56 bits per heavy atom. The van der Waals surface area contributed by atoms with Gasteiger partial charge in [0.25, 0.3) is 0 Å². The topological polar surface area (TPSA) is 47.6 Å². The summed E-state index contributed by atoms with van der Waals surface area (Å²) in [7, 11) is 1.44. The molecule has 0 aromatic heterocycles. The van der Waals surface area contributed by atoms with Crippen LogP contribution in [0.3, 0.4) is 0 Å². The Morgan fingerprint density at radius 1 is 1.44 bits per heavy atom. The van der Waals surface area contributed by atoms with E-state index in [1.165, 1.54) is 7.11 Å². The van der Waals surface area contributed by atoms with Crippen molar-refractivity contribution < 1.29 is 14.3 Å². The van der Waals surface area contributed by atoms with Crippen LogP contribution in [0.25, 0.3) is 0 Å². The van der Waals surface area contributed by atoms with E-state index in [1.54, 1.807) is 0 Å². The van der Waals surface area contributed by atoms with Crippen LogP contribution in [0.5, 0.6) is 0 Å². The fraction of sp³-hybridized carbons (Fsp3) is 0.917. The summed E-state index contributed by atoms with van der Waals surface area (Å²) in [5, 5.41) is 3.33.